The van der Waals surface area contributed by atoms with Crippen LogP contribution in [-0.2, 0) is 23.7 Å². The van der Waals surface area contributed by atoms with E-state index in [2.05, 4.69) is 26.0 Å². The maximum Gasteiger partial charge on any atom is 0.306 e. The van der Waals surface area contributed by atoms with Crippen molar-refractivity contribution in [3.8, 4) is 0 Å². The Morgan fingerprint density at radius 2 is 0.809 bits per heavy atom. The first-order valence-corrected chi connectivity index (χ1v) is 29.8. The lowest BCUT2D eigenvalue weighted by molar-refractivity contribution is -0.305. The van der Waals surface area contributed by atoms with Crippen LogP contribution in [-0.4, -0.2) is 89.6 Å². The van der Waals surface area contributed by atoms with Crippen molar-refractivity contribution >= 4 is 5.97 Å². The van der Waals surface area contributed by atoms with Gasteiger partial charge in [-0.2, -0.15) is 0 Å². The molecule has 0 amide bonds. The van der Waals surface area contributed by atoms with Crippen LogP contribution in [0.4, 0.5) is 0 Å². The lowest BCUT2D eigenvalue weighted by atomic mass is 9.99. The third-order valence-electron chi connectivity index (χ3n) is 14.2. The predicted molar refractivity (Wildman–Crippen MR) is 284 cm³/mol. The topological polar surface area (TPSA) is 135 Å². The molecule has 0 saturated carbocycles. The summed E-state index contributed by atoms with van der Waals surface area (Å²) in [4.78, 5) is 12.9. The zero-order valence-corrected chi connectivity index (χ0v) is 44.9. The third kappa shape index (κ3) is 40.5. The molecule has 0 aromatic rings. The number of allylic oxidation sites excluding steroid dienone is 2. The predicted octanol–water partition coefficient (Wildman–Crippen LogP) is 15.5. The standard InChI is InChI=1S/C59H114O9/c1-3-5-7-9-11-13-15-17-19-21-23-25-26-27-29-31-33-35-37-39-41-43-45-47-49-65-51-53(52-66-59-58(64)57(63)56(62)54(50-60)68-59)67-55(61)48-46-44-42-40-38-36-34-32-30-28-24-22-20-18-16-14-12-10-8-6-4-2/h21,23,53-54,56-60,62-64H,3-20,22,24-52H2,1-2H3/b23-21-. The van der Waals surface area contributed by atoms with Crippen LogP contribution < -0.4 is 0 Å². The number of hydrogen-bond donors (Lipinski definition) is 4. The Kier molecular flexibility index (Phi) is 48.6. The molecule has 1 heterocycles. The molecule has 6 unspecified atom stereocenters. The molecule has 0 aliphatic carbocycles. The highest BCUT2D eigenvalue weighted by Crippen LogP contribution is 2.23. The molecule has 6 atom stereocenters. The zero-order valence-electron chi connectivity index (χ0n) is 44.9. The Bertz CT molecular complexity index is 1060. The van der Waals surface area contributed by atoms with Gasteiger partial charge in [-0.3, -0.25) is 4.79 Å². The lowest BCUT2D eigenvalue weighted by Crippen LogP contribution is -2.59. The number of unbranched alkanes of at least 4 members (excludes halogenated alkanes) is 40. The van der Waals surface area contributed by atoms with Crippen LogP contribution in [0.5, 0.6) is 0 Å². The molecule has 68 heavy (non-hydrogen) atoms. The fourth-order valence-corrected chi connectivity index (χ4v) is 9.55. The maximum atomic E-state index is 12.9. The number of esters is 1. The summed E-state index contributed by atoms with van der Waals surface area (Å²) in [5.41, 5.74) is 0. The van der Waals surface area contributed by atoms with E-state index in [1.165, 1.54) is 244 Å². The van der Waals surface area contributed by atoms with Gasteiger partial charge >= 0.3 is 5.97 Å². The Morgan fingerprint density at radius 1 is 0.456 bits per heavy atom. The molecule has 1 saturated heterocycles. The molecule has 1 fully saturated rings. The van der Waals surface area contributed by atoms with E-state index in [-0.39, 0.29) is 19.2 Å². The second-order valence-corrected chi connectivity index (χ2v) is 20.8. The van der Waals surface area contributed by atoms with Crippen molar-refractivity contribution in [1.29, 1.82) is 0 Å². The summed E-state index contributed by atoms with van der Waals surface area (Å²) < 4.78 is 23.0. The summed E-state index contributed by atoms with van der Waals surface area (Å²) in [6.45, 7) is 4.63. The van der Waals surface area contributed by atoms with Crippen LogP contribution in [0.3, 0.4) is 0 Å². The van der Waals surface area contributed by atoms with Crippen LogP contribution >= 0.6 is 0 Å². The first kappa shape index (κ1) is 64.9. The van der Waals surface area contributed by atoms with Gasteiger partial charge in [0.1, 0.15) is 30.5 Å². The van der Waals surface area contributed by atoms with E-state index in [4.69, 9.17) is 18.9 Å². The van der Waals surface area contributed by atoms with Gasteiger partial charge in [0.05, 0.1) is 19.8 Å². The fraction of sp³-hybridized carbons (Fsp3) is 0.949. The Balaban J connectivity index is 2.12. The number of aliphatic hydroxyl groups is 4. The second-order valence-electron chi connectivity index (χ2n) is 20.8. The summed E-state index contributed by atoms with van der Waals surface area (Å²) in [6, 6.07) is 0. The summed E-state index contributed by atoms with van der Waals surface area (Å²) in [7, 11) is 0. The molecule has 0 bridgehead atoms. The summed E-state index contributed by atoms with van der Waals surface area (Å²) in [5.74, 6) is -0.305. The van der Waals surface area contributed by atoms with Gasteiger partial charge in [-0.05, 0) is 38.5 Å². The lowest BCUT2D eigenvalue weighted by Gasteiger charge is -2.39. The smallest absolute Gasteiger partial charge is 0.306 e. The summed E-state index contributed by atoms with van der Waals surface area (Å²) >= 11 is 0. The van der Waals surface area contributed by atoms with Gasteiger partial charge < -0.3 is 39.4 Å². The van der Waals surface area contributed by atoms with E-state index < -0.39 is 43.4 Å². The molecule has 0 spiro atoms. The van der Waals surface area contributed by atoms with Crippen LogP contribution in [0.2, 0.25) is 0 Å². The number of ether oxygens (including phenoxy) is 4. The summed E-state index contributed by atoms with van der Waals surface area (Å²) in [5, 5.41) is 40.4. The van der Waals surface area contributed by atoms with E-state index in [0.29, 0.717) is 13.0 Å². The van der Waals surface area contributed by atoms with E-state index in [0.717, 1.165) is 32.1 Å². The first-order chi connectivity index (χ1) is 33.4. The van der Waals surface area contributed by atoms with E-state index >= 15 is 0 Å². The minimum atomic E-state index is -1.53. The number of aliphatic hydroxyl groups excluding tert-OH is 4. The zero-order chi connectivity index (χ0) is 49.2. The molecule has 1 rings (SSSR count). The molecule has 4 N–H and O–H groups in total. The van der Waals surface area contributed by atoms with Crippen molar-refractivity contribution in [2.45, 2.75) is 333 Å². The van der Waals surface area contributed by atoms with Crippen molar-refractivity contribution in [1.82, 2.24) is 0 Å². The van der Waals surface area contributed by atoms with Crippen LogP contribution in [0, 0.1) is 0 Å². The molecule has 0 aromatic carbocycles. The molecule has 1 aliphatic rings. The Labute approximate surface area is 420 Å². The van der Waals surface area contributed by atoms with Crippen molar-refractivity contribution in [2.24, 2.45) is 0 Å². The van der Waals surface area contributed by atoms with Gasteiger partial charge in [-0.1, -0.05) is 264 Å². The monoisotopic (exact) mass is 967 g/mol. The number of carbonyl (C=O) groups excluding carboxylic acids is 1. The summed E-state index contributed by atoms with van der Waals surface area (Å²) in [6.07, 6.45) is 54.1. The molecule has 1 aliphatic heterocycles. The van der Waals surface area contributed by atoms with Gasteiger partial charge in [0.15, 0.2) is 6.29 Å². The molecular weight excluding hydrogens is 853 g/mol. The van der Waals surface area contributed by atoms with Gasteiger partial charge in [0, 0.05) is 13.0 Å². The Morgan fingerprint density at radius 3 is 1.19 bits per heavy atom. The molecule has 0 aromatic heterocycles. The maximum absolute atomic E-state index is 12.9. The van der Waals surface area contributed by atoms with E-state index in [9.17, 15) is 25.2 Å². The van der Waals surface area contributed by atoms with Gasteiger partial charge in [0.25, 0.3) is 0 Å². The van der Waals surface area contributed by atoms with E-state index in [1.54, 1.807) is 0 Å². The average Bonchev–Trinajstić information content (AvgIpc) is 3.34. The van der Waals surface area contributed by atoms with Gasteiger partial charge in [0.2, 0.25) is 0 Å². The SMILES string of the molecule is CCCCCCCCCC/C=C\CCCCCCCCCCCCCCOCC(COC1OC(CO)C(O)C(O)C1O)OC(=O)CCCCCCCCCCCCCCCCCCCCCCC. The number of hydrogen-bond acceptors (Lipinski definition) is 9. The minimum absolute atomic E-state index is 0.107. The molecular formula is C59H114O9. The normalized spacial score (nSPS) is 19.1. The highest BCUT2D eigenvalue weighted by Gasteiger charge is 2.44. The van der Waals surface area contributed by atoms with Gasteiger partial charge in [-0.25, -0.2) is 0 Å². The van der Waals surface area contributed by atoms with Crippen LogP contribution in [0.25, 0.3) is 0 Å². The number of carbonyl (C=O) groups is 1. The van der Waals surface area contributed by atoms with Crippen molar-refractivity contribution in [3.05, 3.63) is 12.2 Å². The highest BCUT2D eigenvalue weighted by atomic mass is 16.7. The van der Waals surface area contributed by atoms with Crippen molar-refractivity contribution < 1.29 is 44.2 Å². The van der Waals surface area contributed by atoms with Crippen molar-refractivity contribution in [3.63, 3.8) is 0 Å². The third-order valence-corrected chi connectivity index (χ3v) is 14.2. The molecule has 9 heteroatoms. The van der Waals surface area contributed by atoms with Gasteiger partial charge in [-0.15, -0.1) is 0 Å². The van der Waals surface area contributed by atoms with Crippen molar-refractivity contribution in [2.75, 3.05) is 26.4 Å². The first-order valence-electron chi connectivity index (χ1n) is 29.8. The molecule has 0 radical (unpaired) electrons. The van der Waals surface area contributed by atoms with Crippen LogP contribution in [0.1, 0.15) is 296 Å². The molecule has 404 valence electrons. The van der Waals surface area contributed by atoms with E-state index in [1.807, 2.05) is 0 Å². The Hall–Kier alpha value is -1.07. The van der Waals surface area contributed by atoms with Crippen LogP contribution in [0.15, 0.2) is 12.2 Å². The fourth-order valence-electron chi connectivity index (χ4n) is 9.55. The largest absolute Gasteiger partial charge is 0.457 e. The minimum Gasteiger partial charge on any atom is -0.457 e. The average molecular weight is 968 g/mol. The highest BCUT2D eigenvalue weighted by molar-refractivity contribution is 5.69. The second kappa shape index (κ2) is 50.9. The molecule has 9 nitrogen and oxygen atoms in total. The number of rotatable bonds is 53. The quantitative estimate of drug-likeness (QED) is 0.0267.